The number of nitrogens with zero attached hydrogens (tertiary/aromatic N) is 3. The molecule has 0 fully saturated rings. The third kappa shape index (κ3) is 5.09. The Balaban J connectivity index is 1.64. The highest BCUT2D eigenvalue weighted by molar-refractivity contribution is 9.10. The maximum absolute atomic E-state index is 12.6. The molecule has 0 aliphatic carbocycles. The quantitative estimate of drug-likeness (QED) is 0.591. The van der Waals surface area contributed by atoms with Gasteiger partial charge in [-0.05, 0) is 72.2 Å². The second-order valence-electron chi connectivity index (χ2n) is 7.11. The van der Waals surface area contributed by atoms with E-state index in [0.29, 0.717) is 18.2 Å². The summed E-state index contributed by atoms with van der Waals surface area (Å²) in [6.07, 6.45) is 3.61. The zero-order chi connectivity index (χ0) is 20.1. The molecule has 0 saturated heterocycles. The molecule has 1 N–H and O–H groups in total. The first-order valence-electron chi connectivity index (χ1n) is 9.30. The standard InChI is InChI=1S/C22H25BrN4O/c1-16(2)26(3)14-19-7-5-4-6-18(19)12-24-22(28)17-8-10-21(11-9-17)27-15-20(23)13-25-27/h4-11,13,15-16H,12,14H2,1-3H3,(H,24,28). The number of halogens is 1. The summed E-state index contributed by atoms with van der Waals surface area (Å²) in [7, 11) is 2.11. The lowest BCUT2D eigenvalue weighted by Gasteiger charge is -2.22. The van der Waals surface area contributed by atoms with Crippen molar-refractivity contribution in [3.05, 3.63) is 82.1 Å². The predicted octanol–water partition coefficient (Wildman–Crippen LogP) is 4.41. The number of carbonyl (C=O) groups excluding carboxylic acids is 1. The van der Waals surface area contributed by atoms with Crippen LogP contribution >= 0.6 is 15.9 Å². The van der Waals surface area contributed by atoms with Crippen molar-refractivity contribution in [2.75, 3.05) is 7.05 Å². The van der Waals surface area contributed by atoms with Gasteiger partial charge in [-0.15, -0.1) is 0 Å². The third-order valence-corrected chi connectivity index (χ3v) is 5.21. The van der Waals surface area contributed by atoms with E-state index in [2.05, 4.69) is 64.3 Å². The summed E-state index contributed by atoms with van der Waals surface area (Å²) in [4.78, 5) is 14.8. The average molecular weight is 441 g/mol. The van der Waals surface area contributed by atoms with Crippen LogP contribution in [0.2, 0.25) is 0 Å². The van der Waals surface area contributed by atoms with Gasteiger partial charge in [-0.2, -0.15) is 5.10 Å². The first-order valence-corrected chi connectivity index (χ1v) is 10.1. The minimum absolute atomic E-state index is 0.0831. The molecule has 3 aromatic rings. The number of hydrogen-bond acceptors (Lipinski definition) is 3. The minimum Gasteiger partial charge on any atom is -0.348 e. The van der Waals surface area contributed by atoms with E-state index < -0.39 is 0 Å². The normalized spacial score (nSPS) is 11.2. The molecule has 0 saturated carbocycles. The Morgan fingerprint density at radius 3 is 2.43 bits per heavy atom. The van der Waals surface area contributed by atoms with Crippen molar-refractivity contribution in [1.82, 2.24) is 20.0 Å². The summed E-state index contributed by atoms with van der Waals surface area (Å²) in [6.45, 7) is 5.72. The molecule has 2 aromatic carbocycles. The van der Waals surface area contributed by atoms with E-state index in [-0.39, 0.29) is 5.91 Å². The Labute approximate surface area is 174 Å². The number of aromatic nitrogens is 2. The number of carbonyl (C=O) groups is 1. The molecule has 5 nitrogen and oxygen atoms in total. The average Bonchev–Trinajstić information content (AvgIpc) is 3.13. The van der Waals surface area contributed by atoms with E-state index in [0.717, 1.165) is 22.3 Å². The summed E-state index contributed by atoms with van der Waals surface area (Å²) in [5, 5.41) is 7.28. The van der Waals surface area contributed by atoms with Gasteiger partial charge in [-0.3, -0.25) is 9.69 Å². The lowest BCUT2D eigenvalue weighted by atomic mass is 10.1. The molecule has 146 valence electrons. The Hall–Kier alpha value is -2.44. The van der Waals surface area contributed by atoms with Crippen molar-refractivity contribution in [3.8, 4) is 5.69 Å². The van der Waals surface area contributed by atoms with Gasteiger partial charge in [0.25, 0.3) is 5.91 Å². The largest absolute Gasteiger partial charge is 0.348 e. The van der Waals surface area contributed by atoms with E-state index in [4.69, 9.17) is 0 Å². The fourth-order valence-corrected chi connectivity index (χ4v) is 3.11. The topological polar surface area (TPSA) is 50.2 Å². The van der Waals surface area contributed by atoms with Gasteiger partial charge >= 0.3 is 0 Å². The van der Waals surface area contributed by atoms with Crippen LogP contribution in [-0.4, -0.2) is 33.7 Å². The van der Waals surface area contributed by atoms with E-state index in [1.165, 1.54) is 5.56 Å². The van der Waals surface area contributed by atoms with Gasteiger partial charge < -0.3 is 5.32 Å². The lowest BCUT2D eigenvalue weighted by molar-refractivity contribution is 0.0950. The highest BCUT2D eigenvalue weighted by atomic mass is 79.9. The second kappa shape index (κ2) is 9.17. The van der Waals surface area contributed by atoms with Gasteiger partial charge in [0.1, 0.15) is 0 Å². The molecular weight excluding hydrogens is 416 g/mol. The van der Waals surface area contributed by atoms with Crippen LogP contribution in [0.3, 0.4) is 0 Å². The molecule has 0 bridgehead atoms. The van der Waals surface area contributed by atoms with Crippen LogP contribution in [-0.2, 0) is 13.1 Å². The minimum atomic E-state index is -0.0831. The Bertz CT molecular complexity index is 934. The van der Waals surface area contributed by atoms with Crippen molar-refractivity contribution in [1.29, 1.82) is 0 Å². The highest BCUT2D eigenvalue weighted by Crippen LogP contribution is 2.15. The summed E-state index contributed by atoms with van der Waals surface area (Å²) in [5.41, 5.74) is 3.91. The molecular formula is C22H25BrN4O. The molecule has 0 spiro atoms. The molecule has 0 aliphatic rings. The second-order valence-corrected chi connectivity index (χ2v) is 8.03. The van der Waals surface area contributed by atoms with Crippen LogP contribution in [0.25, 0.3) is 5.69 Å². The van der Waals surface area contributed by atoms with Crippen molar-refractivity contribution in [3.63, 3.8) is 0 Å². The van der Waals surface area contributed by atoms with Crippen LogP contribution in [0, 0.1) is 0 Å². The van der Waals surface area contributed by atoms with Gasteiger partial charge in [-0.1, -0.05) is 24.3 Å². The SMILES string of the molecule is CC(C)N(C)Cc1ccccc1CNC(=O)c1ccc(-n2cc(Br)cn2)cc1. The van der Waals surface area contributed by atoms with Crippen molar-refractivity contribution in [2.24, 2.45) is 0 Å². The van der Waals surface area contributed by atoms with Gasteiger partial charge in [-0.25, -0.2) is 4.68 Å². The Morgan fingerprint density at radius 2 is 1.82 bits per heavy atom. The molecule has 3 rings (SSSR count). The van der Waals surface area contributed by atoms with Crippen LogP contribution in [0.4, 0.5) is 0 Å². The summed E-state index contributed by atoms with van der Waals surface area (Å²) >= 11 is 3.39. The molecule has 0 atom stereocenters. The van der Waals surface area contributed by atoms with E-state index in [1.54, 1.807) is 10.9 Å². The van der Waals surface area contributed by atoms with E-state index >= 15 is 0 Å². The van der Waals surface area contributed by atoms with Crippen LogP contribution in [0.15, 0.2) is 65.4 Å². The zero-order valence-electron chi connectivity index (χ0n) is 16.4. The number of benzene rings is 2. The van der Waals surface area contributed by atoms with Crippen molar-refractivity contribution < 1.29 is 4.79 Å². The third-order valence-electron chi connectivity index (χ3n) is 4.80. The van der Waals surface area contributed by atoms with Crippen molar-refractivity contribution >= 4 is 21.8 Å². The monoisotopic (exact) mass is 440 g/mol. The van der Waals surface area contributed by atoms with Gasteiger partial charge in [0.05, 0.1) is 16.4 Å². The molecule has 0 radical (unpaired) electrons. The van der Waals surface area contributed by atoms with E-state index in [9.17, 15) is 4.79 Å². The molecule has 0 aliphatic heterocycles. The first-order chi connectivity index (χ1) is 13.4. The van der Waals surface area contributed by atoms with Gasteiger partial charge in [0.15, 0.2) is 0 Å². The molecule has 1 heterocycles. The molecule has 1 aromatic heterocycles. The maximum Gasteiger partial charge on any atom is 0.251 e. The van der Waals surface area contributed by atoms with Gasteiger partial charge in [0, 0.05) is 30.9 Å². The summed E-state index contributed by atoms with van der Waals surface area (Å²) in [5.74, 6) is -0.0831. The van der Waals surface area contributed by atoms with Crippen LogP contribution < -0.4 is 5.32 Å². The molecule has 0 unspecified atom stereocenters. The molecule has 6 heteroatoms. The lowest BCUT2D eigenvalue weighted by Crippen LogP contribution is -2.27. The van der Waals surface area contributed by atoms with Crippen molar-refractivity contribution in [2.45, 2.75) is 33.0 Å². The Kier molecular flexibility index (Phi) is 6.65. The maximum atomic E-state index is 12.6. The number of hydrogen-bond donors (Lipinski definition) is 1. The highest BCUT2D eigenvalue weighted by Gasteiger charge is 2.10. The summed E-state index contributed by atoms with van der Waals surface area (Å²) < 4.78 is 2.67. The van der Waals surface area contributed by atoms with Crippen LogP contribution in [0.1, 0.15) is 35.3 Å². The fraction of sp³-hybridized carbons (Fsp3) is 0.273. The molecule has 1 amide bonds. The predicted molar refractivity (Wildman–Crippen MR) is 115 cm³/mol. The first kappa shape index (κ1) is 20.3. The van der Waals surface area contributed by atoms with Crippen LogP contribution in [0.5, 0.6) is 0 Å². The number of nitrogens with one attached hydrogen (secondary N) is 1. The Morgan fingerprint density at radius 1 is 1.14 bits per heavy atom. The number of amides is 1. The van der Waals surface area contributed by atoms with Gasteiger partial charge in [0.2, 0.25) is 0 Å². The van der Waals surface area contributed by atoms with E-state index in [1.807, 2.05) is 42.6 Å². The summed E-state index contributed by atoms with van der Waals surface area (Å²) in [6, 6.07) is 16.1. The molecule has 28 heavy (non-hydrogen) atoms. The smallest absolute Gasteiger partial charge is 0.251 e. The number of rotatable bonds is 7. The zero-order valence-corrected chi connectivity index (χ0v) is 18.0. The fourth-order valence-electron chi connectivity index (χ4n) is 2.82.